The van der Waals surface area contributed by atoms with E-state index in [1.165, 1.54) is 0 Å². The van der Waals surface area contributed by atoms with Crippen LogP contribution in [-0.4, -0.2) is 40.0 Å². The zero-order valence-corrected chi connectivity index (χ0v) is 13.8. The number of likely N-dealkylation sites (tertiary alicyclic amines) is 1. The minimum atomic E-state index is -0.858. The number of aromatic nitrogens is 1. The Morgan fingerprint density at radius 1 is 1.36 bits per heavy atom. The third-order valence-corrected chi connectivity index (χ3v) is 4.81. The van der Waals surface area contributed by atoms with Crippen LogP contribution in [0.5, 0.6) is 0 Å². The molecule has 0 aliphatic carbocycles. The number of benzene rings is 1. The van der Waals surface area contributed by atoms with Crippen LogP contribution in [0.25, 0.3) is 10.9 Å². The van der Waals surface area contributed by atoms with Gasteiger partial charge in [0.05, 0.1) is 5.41 Å². The molecule has 0 bridgehead atoms. The van der Waals surface area contributed by atoms with E-state index in [2.05, 4.69) is 20.9 Å². The van der Waals surface area contributed by atoms with Crippen molar-refractivity contribution in [3.05, 3.63) is 34.4 Å². The number of hydrogen-bond donors (Lipinski definition) is 2. The second-order valence-electron chi connectivity index (χ2n) is 6.11. The van der Waals surface area contributed by atoms with Crippen LogP contribution < -0.4 is 0 Å². The molecule has 1 aromatic carbocycles. The highest BCUT2D eigenvalue weighted by atomic mass is 79.9. The summed E-state index contributed by atoms with van der Waals surface area (Å²) in [5.74, 6) is -0.981. The van der Waals surface area contributed by atoms with E-state index in [9.17, 15) is 14.7 Å². The molecule has 1 aliphatic rings. The van der Waals surface area contributed by atoms with Gasteiger partial charge >= 0.3 is 5.97 Å². The number of H-pyrrole nitrogens is 1. The molecule has 22 heavy (non-hydrogen) atoms. The number of aliphatic carboxylic acids is 1. The first kappa shape index (κ1) is 15.1. The highest BCUT2D eigenvalue weighted by Gasteiger charge is 2.39. The molecule has 6 heteroatoms. The number of rotatable bonds is 2. The molecule has 1 saturated heterocycles. The number of piperidine rings is 1. The molecule has 2 heterocycles. The minimum Gasteiger partial charge on any atom is -0.481 e. The number of amides is 1. The van der Waals surface area contributed by atoms with Gasteiger partial charge in [0, 0.05) is 28.5 Å². The van der Waals surface area contributed by atoms with Crippen molar-refractivity contribution in [1.29, 1.82) is 0 Å². The maximum Gasteiger partial charge on any atom is 0.311 e. The molecule has 116 valence electrons. The predicted molar refractivity (Wildman–Crippen MR) is 86.9 cm³/mol. The van der Waals surface area contributed by atoms with Crippen LogP contribution in [0.4, 0.5) is 0 Å². The van der Waals surface area contributed by atoms with Crippen LogP contribution in [0.1, 0.15) is 30.3 Å². The Hall–Kier alpha value is -1.82. The van der Waals surface area contributed by atoms with Crippen LogP contribution in [0.3, 0.4) is 0 Å². The van der Waals surface area contributed by atoms with Crippen molar-refractivity contribution in [3.63, 3.8) is 0 Å². The number of hydrogen-bond acceptors (Lipinski definition) is 2. The van der Waals surface area contributed by atoms with Gasteiger partial charge in [0.15, 0.2) is 0 Å². The van der Waals surface area contributed by atoms with Crippen LogP contribution in [-0.2, 0) is 4.79 Å². The Morgan fingerprint density at radius 2 is 2.14 bits per heavy atom. The van der Waals surface area contributed by atoms with Crippen LogP contribution in [0.15, 0.2) is 28.7 Å². The predicted octanol–water partition coefficient (Wildman–Crippen LogP) is 3.26. The third kappa shape index (κ3) is 2.63. The molecule has 1 unspecified atom stereocenters. The fraction of sp³-hybridized carbons (Fsp3) is 0.375. The Balaban J connectivity index is 1.87. The molecule has 2 N–H and O–H groups in total. The largest absolute Gasteiger partial charge is 0.481 e. The summed E-state index contributed by atoms with van der Waals surface area (Å²) >= 11 is 3.41. The summed E-state index contributed by atoms with van der Waals surface area (Å²) in [5.41, 5.74) is 0.529. The highest BCUT2D eigenvalue weighted by Crippen LogP contribution is 2.31. The maximum absolute atomic E-state index is 12.7. The van der Waals surface area contributed by atoms with Crippen LogP contribution in [0.2, 0.25) is 0 Å². The van der Waals surface area contributed by atoms with E-state index >= 15 is 0 Å². The van der Waals surface area contributed by atoms with Gasteiger partial charge in [-0.25, -0.2) is 0 Å². The molecule has 1 aromatic heterocycles. The second kappa shape index (κ2) is 5.43. The second-order valence-corrected chi connectivity index (χ2v) is 7.03. The zero-order valence-electron chi connectivity index (χ0n) is 12.2. The number of carbonyl (C=O) groups excluding carboxylic acids is 1. The number of halogens is 1. The van der Waals surface area contributed by atoms with E-state index in [4.69, 9.17) is 0 Å². The molecule has 1 fully saturated rings. The number of nitrogens with zero attached hydrogens (tertiary/aromatic N) is 1. The van der Waals surface area contributed by atoms with Gasteiger partial charge in [-0.2, -0.15) is 0 Å². The van der Waals surface area contributed by atoms with E-state index in [0.29, 0.717) is 25.1 Å². The Bertz CT molecular complexity index is 755. The Morgan fingerprint density at radius 3 is 2.86 bits per heavy atom. The lowest BCUT2D eigenvalue weighted by Gasteiger charge is -2.37. The van der Waals surface area contributed by atoms with Crippen molar-refractivity contribution in [3.8, 4) is 0 Å². The number of aromatic amines is 1. The first-order valence-corrected chi connectivity index (χ1v) is 7.99. The van der Waals surface area contributed by atoms with Crippen molar-refractivity contribution < 1.29 is 14.7 Å². The van der Waals surface area contributed by atoms with Gasteiger partial charge in [-0.05, 0) is 38.0 Å². The number of carbonyl (C=O) groups is 2. The molecule has 0 saturated carbocycles. The van der Waals surface area contributed by atoms with Gasteiger partial charge in [-0.15, -0.1) is 0 Å². The van der Waals surface area contributed by atoms with Crippen molar-refractivity contribution in [1.82, 2.24) is 9.88 Å². The van der Waals surface area contributed by atoms with Gasteiger partial charge in [0.25, 0.3) is 5.91 Å². The fourth-order valence-corrected chi connectivity index (χ4v) is 3.33. The van der Waals surface area contributed by atoms with Gasteiger partial charge < -0.3 is 15.0 Å². The first-order chi connectivity index (χ1) is 10.4. The van der Waals surface area contributed by atoms with Crippen LogP contribution in [0, 0.1) is 5.41 Å². The molecular formula is C16H17BrN2O3. The number of carboxylic acid groups (broad SMARTS) is 1. The summed E-state index contributed by atoms with van der Waals surface area (Å²) in [4.78, 5) is 28.8. The minimum absolute atomic E-state index is 0.139. The summed E-state index contributed by atoms with van der Waals surface area (Å²) in [6, 6.07) is 7.59. The molecule has 5 nitrogen and oxygen atoms in total. The summed E-state index contributed by atoms with van der Waals surface area (Å²) in [7, 11) is 0. The monoisotopic (exact) mass is 364 g/mol. The Labute approximate surface area is 136 Å². The quantitative estimate of drug-likeness (QED) is 0.858. The lowest BCUT2D eigenvalue weighted by molar-refractivity contribution is -0.150. The fourth-order valence-electron chi connectivity index (χ4n) is 2.97. The van der Waals surface area contributed by atoms with Crippen molar-refractivity contribution in [2.24, 2.45) is 5.41 Å². The lowest BCUT2D eigenvalue weighted by atomic mass is 9.82. The molecule has 1 amide bonds. The van der Waals surface area contributed by atoms with Gasteiger partial charge in [0.1, 0.15) is 5.69 Å². The molecule has 0 spiro atoms. The SMILES string of the molecule is CC1(C(=O)O)CCCN(C(=O)c2cc3ccc(Br)cc3[nH]2)C1. The molecule has 2 aromatic rings. The number of fused-ring (bicyclic) bond motifs is 1. The summed E-state index contributed by atoms with van der Waals surface area (Å²) in [6.07, 6.45) is 1.31. The number of carboxylic acids is 1. The van der Waals surface area contributed by atoms with E-state index in [-0.39, 0.29) is 12.5 Å². The van der Waals surface area contributed by atoms with Gasteiger partial charge in [-0.1, -0.05) is 22.0 Å². The van der Waals surface area contributed by atoms with Crippen molar-refractivity contribution >= 4 is 38.7 Å². The summed E-state index contributed by atoms with van der Waals surface area (Å²) in [6.45, 7) is 2.55. The molecule has 1 aliphatic heterocycles. The van der Waals surface area contributed by atoms with Crippen LogP contribution >= 0.6 is 15.9 Å². The molecule has 3 rings (SSSR count). The standard InChI is InChI=1S/C16H17BrN2O3/c1-16(15(21)22)5-2-6-19(9-16)14(20)13-7-10-3-4-11(17)8-12(10)18-13/h3-4,7-8,18H,2,5-6,9H2,1H3,(H,21,22). The zero-order chi connectivity index (χ0) is 15.9. The Kier molecular flexibility index (Phi) is 3.72. The highest BCUT2D eigenvalue weighted by molar-refractivity contribution is 9.10. The average Bonchev–Trinajstić information content (AvgIpc) is 2.89. The van der Waals surface area contributed by atoms with Crippen molar-refractivity contribution in [2.45, 2.75) is 19.8 Å². The maximum atomic E-state index is 12.7. The van der Waals surface area contributed by atoms with E-state index < -0.39 is 11.4 Å². The summed E-state index contributed by atoms with van der Waals surface area (Å²) in [5, 5.41) is 10.3. The topological polar surface area (TPSA) is 73.4 Å². The molecule has 1 atom stereocenters. The normalized spacial score (nSPS) is 22.0. The van der Waals surface area contributed by atoms with Gasteiger partial charge in [-0.3, -0.25) is 9.59 Å². The van der Waals surface area contributed by atoms with E-state index in [1.54, 1.807) is 11.8 Å². The first-order valence-electron chi connectivity index (χ1n) is 7.20. The molecular weight excluding hydrogens is 348 g/mol. The smallest absolute Gasteiger partial charge is 0.311 e. The van der Waals surface area contributed by atoms with E-state index in [1.807, 2.05) is 24.3 Å². The molecule has 0 radical (unpaired) electrons. The average molecular weight is 365 g/mol. The van der Waals surface area contributed by atoms with Gasteiger partial charge in [0.2, 0.25) is 0 Å². The summed E-state index contributed by atoms with van der Waals surface area (Å²) < 4.78 is 0.942. The van der Waals surface area contributed by atoms with Crippen molar-refractivity contribution in [2.75, 3.05) is 13.1 Å². The lowest BCUT2D eigenvalue weighted by Crippen LogP contribution is -2.48. The number of nitrogens with one attached hydrogen (secondary N) is 1. The van der Waals surface area contributed by atoms with E-state index in [0.717, 1.165) is 15.4 Å². The third-order valence-electron chi connectivity index (χ3n) is 4.31.